The van der Waals surface area contributed by atoms with Crippen LogP contribution >= 0.6 is 27.5 Å². The molecule has 114 valence electrons. The Morgan fingerprint density at radius 1 is 1.50 bits per heavy atom. The number of aromatic nitrogens is 2. The molecule has 0 spiro atoms. The van der Waals surface area contributed by atoms with E-state index in [4.69, 9.17) is 17.3 Å². The van der Waals surface area contributed by atoms with Gasteiger partial charge in [-0.1, -0.05) is 0 Å². The minimum atomic E-state index is -0.451. The second-order valence-electron chi connectivity index (χ2n) is 4.74. The molecule has 8 heteroatoms. The van der Waals surface area contributed by atoms with Gasteiger partial charge in [0.1, 0.15) is 4.60 Å². The van der Waals surface area contributed by atoms with Gasteiger partial charge in [0.25, 0.3) is 0 Å². The summed E-state index contributed by atoms with van der Waals surface area (Å²) in [4.78, 5) is 15.9. The van der Waals surface area contributed by atoms with E-state index >= 15 is 0 Å². The van der Waals surface area contributed by atoms with Crippen molar-refractivity contribution in [3.63, 3.8) is 0 Å². The van der Waals surface area contributed by atoms with Crippen LogP contribution in [0.5, 0.6) is 0 Å². The van der Waals surface area contributed by atoms with Gasteiger partial charge in [0, 0.05) is 29.9 Å². The van der Waals surface area contributed by atoms with Crippen LogP contribution in [0.15, 0.2) is 44.9 Å². The normalized spacial score (nSPS) is 20.2. The van der Waals surface area contributed by atoms with Gasteiger partial charge in [-0.15, -0.1) is 0 Å². The first-order chi connectivity index (χ1) is 10.6. The topological polar surface area (TPSA) is 91.5 Å². The highest BCUT2D eigenvalue weighted by molar-refractivity contribution is 9.10. The molecular weight excluding hydrogens is 368 g/mol. The highest BCUT2D eigenvalue weighted by Crippen LogP contribution is 2.25. The first-order valence-corrected chi connectivity index (χ1v) is 7.92. The number of pyridine rings is 1. The minimum Gasteiger partial charge on any atom is -0.390 e. The summed E-state index contributed by atoms with van der Waals surface area (Å²) in [5.74, 6) is 0. The van der Waals surface area contributed by atoms with E-state index in [1.807, 2.05) is 19.2 Å². The highest BCUT2D eigenvalue weighted by Gasteiger charge is 2.25. The second-order valence-corrected chi connectivity index (χ2v) is 5.89. The number of aliphatic imine (C=N–C) groups is 2. The van der Waals surface area contributed by atoms with Crippen LogP contribution in [0.25, 0.3) is 10.9 Å². The Kier molecular flexibility index (Phi) is 4.28. The number of nitrogens with zero attached hydrogens (tertiary/aromatic N) is 3. The molecule has 2 aromatic rings. The zero-order valence-electron chi connectivity index (χ0n) is 11.8. The van der Waals surface area contributed by atoms with Gasteiger partial charge < -0.3 is 16.0 Å². The van der Waals surface area contributed by atoms with Crippen LogP contribution in [0, 0.1) is 0 Å². The van der Waals surface area contributed by atoms with Gasteiger partial charge in [0.2, 0.25) is 5.29 Å². The molecule has 3 heterocycles. The molecule has 0 amide bonds. The molecule has 6 nitrogen and oxygen atoms in total. The number of amidine groups is 1. The molecule has 0 aromatic carbocycles. The summed E-state index contributed by atoms with van der Waals surface area (Å²) in [7, 11) is 0. The summed E-state index contributed by atoms with van der Waals surface area (Å²) in [6, 6.07) is 1.47. The Morgan fingerprint density at radius 3 is 3.09 bits per heavy atom. The SMILES string of the molecule is CCN/C=C1/N=C(Cl)N=C(c2c[nH]c3cnc(Br)cc23)C1N. The number of nitrogens with one attached hydrogen (secondary N) is 2. The lowest BCUT2D eigenvalue weighted by Gasteiger charge is -2.19. The van der Waals surface area contributed by atoms with Gasteiger partial charge >= 0.3 is 0 Å². The molecular formula is C14H14BrClN6. The predicted molar refractivity (Wildman–Crippen MR) is 93.4 cm³/mol. The van der Waals surface area contributed by atoms with E-state index in [1.165, 1.54) is 0 Å². The van der Waals surface area contributed by atoms with Crippen molar-refractivity contribution in [3.05, 3.63) is 40.5 Å². The minimum absolute atomic E-state index is 0.170. The molecule has 1 atom stereocenters. The van der Waals surface area contributed by atoms with E-state index in [1.54, 1.807) is 12.4 Å². The fourth-order valence-electron chi connectivity index (χ4n) is 2.27. The first kappa shape index (κ1) is 15.2. The van der Waals surface area contributed by atoms with Crippen molar-refractivity contribution in [3.8, 4) is 0 Å². The van der Waals surface area contributed by atoms with Gasteiger partial charge in [-0.2, -0.15) is 0 Å². The van der Waals surface area contributed by atoms with Gasteiger partial charge in [-0.3, -0.25) is 0 Å². The molecule has 0 saturated carbocycles. The number of nitrogens with two attached hydrogens (primary N) is 1. The van der Waals surface area contributed by atoms with E-state index < -0.39 is 6.04 Å². The number of H-pyrrole nitrogens is 1. The van der Waals surface area contributed by atoms with Crippen molar-refractivity contribution in [2.24, 2.45) is 15.7 Å². The predicted octanol–water partition coefficient (Wildman–Crippen LogP) is 2.50. The molecule has 4 N–H and O–H groups in total. The summed E-state index contributed by atoms with van der Waals surface area (Å²) in [6.07, 6.45) is 5.38. The maximum atomic E-state index is 6.30. The zero-order chi connectivity index (χ0) is 15.7. The molecule has 1 aliphatic heterocycles. The molecule has 0 saturated heterocycles. The summed E-state index contributed by atoms with van der Waals surface area (Å²) in [5, 5.41) is 4.24. The number of fused-ring (bicyclic) bond motifs is 1. The molecule has 22 heavy (non-hydrogen) atoms. The fourth-order valence-corrected chi connectivity index (χ4v) is 2.79. The average Bonchev–Trinajstić information content (AvgIpc) is 2.90. The van der Waals surface area contributed by atoms with Crippen molar-refractivity contribution in [1.82, 2.24) is 15.3 Å². The number of halogens is 2. The smallest absolute Gasteiger partial charge is 0.223 e. The maximum absolute atomic E-state index is 6.30. The Balaban J connectivity index is 2.09. The lowest BCUT2D eigenvalue weighted by atomic mass is 10.0. The van der Waals surface area contributed by atoms with Gasteiger partial charge in [-0.25, -0.2) is 15.0 Å². The third-order valence-electron chi connectivity index (χ3n) is 3.31. The van der Waals surface area contributed by atoms with Crippen molar-refractivity contribution >= 4 is 49.4 Å². The maximum Gasteiger partial charge on any atom is 0.223 e. The molecule has 0 aliphatic carbocycles. The van der Waals surface area contributed by atoms with Crippen molar-refractivity contribution in [1.29, 1.82) is 0 Å². The standard InChI is InChI=1S/C14H14BrClN6/c1-2-18-5-10-12(17)13(22-14(16)21-10)8-4-19-9-6-20-11(15)3-7(8)9/h3-6,12,18-19H,2,17H2,1H3/b10-5+. The highest BCUT2D eigenvalue weighted by atomic mass is 79.9. The van der Waals surface area contributed by atoms with Crippen LogP contribution in [0.3, 0.4) is 0 Å². The number of hydrogen-bond donors (Lipinski definition) is 3. The van der Waals surface area contributed by atoms with Crippen LogP contribution in [-0.4, -0.2) is 33.6 Å². The zero-order valence-corrected chi connectivity index (χ0v) is 14.1. The molecule has 0 bridgehead atoms. The third-order valence-corrected chi connectivity index (χ3v) is 3.91. The molecule has 0 fully saturated rings. The van der Waals surface area contributed by atoms with E-state index in [0.29, 0.717) is 11.4 Å². The molecule has 1 unspecified atom stereocenters. The van der Waals surface area contributed by atoms with Crippen molar-refractivity contribution < 1.29 is 0 Å². The summed E-state index contributed by atoms with van der Waals surface area (Å²) >= 11 is 9.44. The fraction of sp³-hybridized carbons (Fsp3) is 0.214. The van der Waals surface area contributed by atoms with E-state index in [-0.39, 0.29) is 5.29 Å². The van der Waals surface area contributed by atoms with Crippen LogP contribution in [0.4, 0.5) is 0 Å². The van der Waals surface area contributed by atoms with Gasteiger partial charge in [0.05, 0.1) is 29.2 Å². The number of hydrogen-bond acceptors (Lipinski definition) is 5. The quantitative estimate of drug-likeness (QED) is 0.563. The third kappa shape index (κ3) is 2.79. The Labute approximate surface area is 140 Å². The molecule has 1 aliphatic rings. The summed E-state index contributed by atoms with van der Waals surface area (Å²) in [6.45, 7) is 2.78. The average molecular weight is 382 g/mol. The Bertz CT molecular complexity index is 807. The van der Waals surface area contributed by atoms with E-state index in [9.17, 15) is 0 Å². The monoisotopic (exact) mass is 380 g/mol. The second kappa shape index (κ2) is 6.20. The van der Waals surface area contributed by atoms with Crippen LogP contribution < -0.4 is 11.1 Å². The summed E-state index contributed by atoms with van der Waals surface area (Å²) < 4.78 is 0.744. The van der Waals surface area contributed by atoms with Crippen molar-refractivity contribution in [2.45, 2.75) is 13.0 Å². The van der Waals surface area contributed by atoms with Crippen LogP contribution in [-0.2, 0) is 0 Å². The first-order valence-electron chi connectivity index (χ1n) is 6.75. The van der Waals surface area contributed by atoms with Crippen LogP contribution in [0.2, 0.25) is 0 Å². The Hall–Kier alpha value is -1.70. The molecule has 0 radical (unpaired) electrons. The van der Waals surface area contributed by atoms with Crippen LogP contribution in [0.1, 0.15) is 12.5 Å². The Morgan fingerprint density at radius 2 is 2.32 bits per heavy atom. The van der Waals surface area contributed by atoms with E-state index in [2.05, 4.69) is 41.2 Å². The lowest BCUT2D eigenvalue weighted by Crippen LogP contribution is -2.36. The summed E-state index contributed by atoms with van der Waals surface area (Å²) in [5.41, 5.74) is 9.42. The largest absolute Gasteiger partial charge is 0.390 e. The van der Waals surface area contributed by atoms with Gasteiger partial charge in [-0.05, 0) is 40.5 Å². The van der Waals surface area contributed by atoms with Crippen molar-refractivity contribution in [2.75, 3.05) is 6.54 Å². The van der Waals surface area contributed by atoms with E-state index in [0.717, 1.165) is 27.6 Å². The van der Waals surface area contributed by atoms with Gasteiger partial charge in [0.15, 0.2) is 0 Å². The molecule has 3 rings (SSSR count). The lowest BCUT2D eigenvalue weighted by molar-refractivity contribution is 0.869. The number of aromatic amines is 1. The number of rotatable bonds is 3. The molecule has 2 aromatic heterocycles.